The van der Waals surface area contributed by atoms with Gasteiger partial charge in [-0.3, -0.25) is 30.9 Å². The number of carbonyl (C=O) groups excluding carboxylic acids is 2. The van der Waals surface area contributed by atoms with Gasteiger partial charge in [-0.2, -0.15) is 0 Å². The summed E-state index contributed by atoms with van der Waals surface area (Å²) in [5, 5.41) is 26.0. The molecule has 3 rings (SSSR count). The maximum atomic E-state index is 14.0. The molecule has 0 aromatic heterocycles. The molecular formula is C24H36N8O2. The van der Waals surface area contributed by atoms with E-state index in [9.17, 15) is 9.59 Å². The van der Waals surface area contributed by atoms with Crippen LogP contribution >= 0.6 is 0 Å². The van der Waals surface area contributed by atoms with Gasteiger partial charge in [0.15, 0.2) is 23.1 Å². The molecule has 10 nitrogen and oxygen atoms in total. The molecule has 184 valence electrons. The lowest BCUT2D eigenvalue weighted by Crippen LogP contribution is -2.65. The minimum Gasteiger partial charge on any atom is -0.353 e. The van der Waals surface area contributed by atoms with E-state index < -0.39 is 11.6 Å². The van der Waals surface area contributed by atoms with E-state index in [1.165, 1.54) is 0 Å². The number of nitrogens with one attached hydrogen (secondary N) is 8. The van der Waals surface area contributed by atoms with E-state index in [4.69, 9.17) is 0 Å². The van der Waals surface area contributed by atoms with Crippen molar-refractivity contribution < 1.29 is 9.59 Å². The molecule has 10 heteroatoms. The lowest BCUT2D eigenvalue weighted by Gasteiger charge is -2.37. The zero-order chi connectivity index (χ0) is 24.9. The lowest BCUT2D eigenvalue weighted by molar-refractivity contribution is 0.0980. The molecule has 0 bridgehead atoms. The van der Waals surface area contributed by atoms with Gasteiger partial charge in [-0.15, -0.1) is 0 Å². The first-order valence-corrected chi connectivity index (χ1v) is 11.3. The third-order valence-electron chi connectivity index (χ3n) is 6.36. The Hall–Kier alpha value is -2.86. The van der Waals surface area contributed by atoms with Gasteiger partial charge in [0.25, 0.3) is 0 Å². The molecule has 2 aromatic carbocycles. The number of hydrogen-bond donors (Lipinski definition) is 8. The number of hydrogen-bond acceptors (Lipinski definition) is 10. The van der Waals surface area contributed by atoms with Crippen LogP contribution in [0.1, 0.15) is 31.8 Å². The van der Waals surface area contributed by atoms with Crippen molar-refractivity contribution in [3.05, 3.63) is 58.7 Å². The standard InChI is InChI=1S/C24H36N8O2/c1-25-13-23(27-3,28-4)31-17-11-7-9-15-19(17)22(34)20-16(21(15)33)10-8-12-18(20)32-24(29-5,30-6)14-26-2/h7-12,25-32H,13-14H2,1-6H3. The molecule has 2 aromatic rings. The fourth-order valence-corrected chi connectivity index (χ4v) is 4.38. The molecule has 8 N–H and O–H groups in total. The van der Waals surface area contributed by atoms with Crippen LogP contribution in [0.5, 0.6) is 0 Å². The van der Waals surface area contributed by atoms with Gasteiger partial charge in [-0.1, -0.05) is 24.3 Å². The quantitative estimate of drug-likeness (QED) is 0.171. The Balaban J connectivity index is 2.13. The predicted molar refractivity (Wildman–Crippen MR) is 137 cm³/mol. The highest BCUT2D eigenvalue weighted by Crippen LogP contribution is 2.36. The summed E-state index contributed by atoms with van der Waals surface area (Å²) in [5.74, 6) is -1.86. The number of fused-ring (bicyclic) bond motifs is 2. The maximum absolute atomic E-state index is 14.0. The van der Waals surface area contributed by atoms with E-state index in [1.54, 1.807) is 24.3 Å². The largest absolute Gasteiger partial charge is 0.353 e. The number of rotatable bonds is 12. The normalized spacial score (nSPS) is 13.5. The Bertz CT molecular complexity index is 968. The summed E-state index contributed by atoms with van der Waals surface area (Å²) >= 11 is 0. The van der Waals surface area contributed by atoms with Crippen molar-refractivity contribution in [3.8, 4) is 0 Å². The molecule has 0 fully saturated rings. The minimum absolute atomic E-state index is 0.182. The van der Waals surface area contributed by atoms with Crippen molar-refractivity contribution in [2.75, 3.05) is 66.0 Å². The number of carbonyl (C=O) groups is 2. The number of anilines is 2. The highest BCUT2D eigenvalue weighted by molar-refractivity contribution is 6.31. The van der Waals surface area contributed by atoms with Gasteiger partial charge >= 0.3 is 0 Å². The lowest BCUT2D eigenvalue weighted by atomic mass is 9.82. The van der Waals surface area contributed by atoms with Crippen molar-refractivity contribution in [2.24, 2.45) is 0 Å². The number of ketones is 2. The van der Waals surface area contributed by atoms with Gasteiger partial charge in [-0.05, 0) is 54.4 Å². The smallest absolute Gasteiger partial charge is 0.198 e. The SMILES string of the molecule is CNCC(NC)(NC)Nc1cccc2c1C(=O)c1c(NC(CNC)(NC)NC)cccc1C2=O. The topological polar surface area (TPSA) is 130 Å². The highest BCUT2D eigenvalue weighted by Gasteiger charge is 2.37. The van der Waals surface area contributed by atoms with E-state index in [0.717, 1.165) is 0 Å². The Morgan fingerprint density at radius 1 is 0.588 bits per heavy atom. The van der Waals surface area contributed by atoms with Crippen LogP contribution in [-0.2, 0) is 0 Å². The Kier molecular flexibility index (Phi) is 8.03. The molecule has 0 saturated heterocycles. The molecule has 0 aliphatic heterocycles. The van der Waals surface area contributed by atoms with Crippen LogP contribution in [0.15, 0.2) is 36.4 Å². The van der Waals surface area contributed by atoms with Crippen LogP contribution < -0.4 is 42.5 Å². The monoisotopic (exact) mass is 468 g/mol. The van der Waals surface area contributed by atoms with Crippen molar-refractivity contribution in [1.82, 2.24) is 31.9 Å². The van der Waals surface area contributed by atoms with Crippen LogP contribution in [0.2, 0.25) is 0 Å². The molecule has 0 saturated carbocycles. The first kappa shape index (κ1) is 25.8. The van der Waals surface area contributed by atoms with E-state index in [0.29, 0.717) is 46.7 Å². The third kappa shape index (κ3) is 4.56. The van der Waals surface area contributed by atoms with Crippen LogP contribution in [0, 0.1) is 0 Å². The van der Waals surface area contributed by atoms with Gasteiger partial charge in [0.05, 0.1) is 11.1 Å². The van der Waals surface area contributed by atoms with Crippen LogP contribution in [0.25, 0.3) is 0 Å². The predicted octanol–water partition coefficient (Wildman–Crippen LogP) is -0.0902. The maximum Gasteiger partial charge on any atom is 0.198 e. The van der Waals surface area contributed by atoms with Gasteiger partial charge in [0.1, 0.15) is 0 Å². The molecule has 34 heavy (non-hydrogen) atoms. The second-order valence-corrected chi connectivity index (χ2v) is 8.24. The summed E-state index contributed by atoms with van der Waals surface area (Å²) in [4.78, 5) is 27.5. The zero-order valence-corrected chi connectivity index (χ0v) is 20.7. The minimum atomic E-state index is -0.731. The molecule has 1 aliphatic carbocycles. The van der Waals surface area contributed by atoms with E-state index in [2.05, 4.69) is 42.5 Å². The molecule has 0 radical (unpaired) electrons. The van der Waals surface area contributed by atoms with Gasteiger partial charge in [0, 0.05) is 35.6 Å². The third-order valence-corrected chi connectivity index (χ3v) is 6.36. The van der Waals surface area contributed by atoms with Crippen LogP contribution in [0.4, 0.5) is 11.4 Å². The van der Waals surface area contributed by atoms with E-state index in [1.807, 2.05) is 54.4 Å². The Labute approximate surface area is 201 Å². The van der Waals surface area contributed by atoms with E-state index in [-0.39, 0.29) is 11.6 Å². The number of likely N-dealkylation sites (N-methyl/N-ethyl adjacent to an activating group) is 6. The second kappa shape index (κ2) is 10.6. The first-order valence-electron chi connectivity index (χ1n) is 11.3. The molecule has 0 atom stereocenters. The zero-order valence-electron chi connectivity index (χ0n) is 20.7. The van der Waals surface area contributed by atoms with Gasteiger partial charge in [-0.25, -0.2) is 0 Å². The number of benzene rings is 2. The Morgan fingerprint density at radius 2 is 0.971 bits per heavy atom. The summed E-state index contributed by atoms with van der Waals surface area (Å²) in [6.45, 7) is 1.04. The molecule has 1 aliphatic rings. The average Bonchev–Trinajstić information content (AvgIpc) is 2.86. The molecule has 0 heterocycles. The van der Waals surface area contributed by atoms with Crippen molar-refractivity contribution in [2.45, 2.75) is 11.6 Å². The second-order valence-electron chi connectivity index (χ2n) is 8.24. The Morgan fingerprint density at radius 3 is 1.29 bits per heavy atom. The fraction of sp³-hybridized carbons (Fsp3) is 0.417. The summed E-state index contributed by atoms with van der Waals surface area (Å²) in [5.41, 5.74) is 2.61. The fourth-order valence-electron chi connectivity index (χ4n) is 4.38. The average molecular weight is 469 g/mol. The van der Waals surface area contributed by atoms with Crippen LogP contribution in [-0.4, -0.2) is 78.5 Å². The summed E-state index contributed by atoms with van der Waals surface area (Å²) in [6, 6.07) is 10.6. The van der Waals surface area contributed by atoms with Crippen LogP contribution in [0.3, 0.4) is 0 Å². The van der Waals surface area contributed by atoms with Gasteiger partial charge in [0.2, 0.25) is 0 Å². The summed E-state index contributed by atoms with van der Waals surface area (Å²) in [6.07, 6.45) is 0. The highest BCUT2D eigenvalue weighted by atomic mass is 16.1. The summed E-state index contributed by atoms with van der Waals surface area (Å²) in [7, 11) is 11.0. The molecule has 0 amide bonds. The van der Waals surface area contributed by atoms with Crippen molar-refractivity contribution >= 4 is 22.9 Å². The molecule has 0 unspecified atom stereocenters. The first-order chi connectivity index (χ1) is 16.3. The summed E-state index contributed by atoms with van der Waals surface area (Å²) < 4.78 is 0. The van der Waals surface area contributed by atoms with Crippen molar-refractivity contribution in [1.29, 1.82) is 0 Å². The van der Waals surface area contributed by atoms with Gasteiger partial charge < -0.3 is 21.3 Å². The molecule has 0 spiro atoms. The van der Waals surface area contributed by atoms with Crippen molar-refractivity contribution in [3.63, 3.8) is 0 Å². The van der Waals surface area contributed by atoms with E-state index >= 15 is 0 Å². The molecular weight excluding hydrogens is 432 g/mol.